The Hall–Kier alpha value is -0.760. The summed E-state index contributed by atoms with van der Waals surface area (Å²) in [6, 6.07) is 2.50. The molecule has 1 unspecified atom stereocenters. The molecule has 0 bridgehead atoms. The fourth-order valence-corrected chi connectivity index (χ4v) is 3.57. The lowest BCUT2D eigenvalue weighted by atomic mass is 10.3. The molecule has 1 N–H and O–H groups in total. The Morgan fingerprint density at radius 1 is 1.37 bits per heavy atom. The van der Waals surface area contributed by atoms with Crippen LogP contribution in [0.1, 0.15) is 6.42 Å². The van der Waals surface area contributed by atoms with Gasteiger partial charge in [-0.25, -0.2) is 17.2 Å². The Labute approximate surface area is 117 Å². The maximum atomic E-state index is 13.5. The first-order valence-corrected chi connectivity index (χ1v) is 7.01. The van der Waals surface area contributed by atoms with Crippen molar-refractivity contribution in [3.8, 4) is 0 Å². The van der Waals surface area contributed by atoms with Crippen LogP contribution in [0.4, 0.5) is 8.78 Å². The summed E-state index contributed by atoms with van der Waals surface area (Å²) in [6.07, 6.45) is 0.659. The van der Waals surface area contributed by atoms with Gasteiger partial charge in [0, 0.05) is 19.1 Å². The highest BCUT2D eigenvalue weighted by atomic mass is 35.5. The number of nitrogens with one attached hydrogen (secondary N) is 1. The number of sulfonamides is 1. The predicted molar refractivity (Wildman–Crippen MR) is 69.8 cm³/mol. The van der Waals surface area contributed by atoms with E-state index in [1.165, 1.54) is 4.31 Å². The second-order valence-electron chi connectivity index (χ2n) is 4.21. The molecule has 1 aromatic carbocycles. The van der Waals surface area contributed by atoms with E-state index < -0.39 is 26.6 Å². The van der Waals surface area contributed by atoms with Gasteiger partial charge in [-0.2, -0.15) is 4.31 Å². The van der Waals surface area contributed by atoms with Crippen molar-refractivity contribution in [2.45, 2.75) is 17.4 Å². The van der Waals surface area contributed by atoms with Crippen LogP contribution in [-0.4, -0.2) is 38.9 Å². The van der Waals surface area contributed by atoms with Crippen LogP contribution in [0.5, 0.6) is 0 Å². The van der Waals surface area contributed by atoms with E-state index in [1.807, 2.05) is 0 Å². The second kappa shape index (κ2) is 6.13. The highest BCUT2D eigenvalue weighted by molar-refractivity contribution is 7.89. The van der Waals surface area contributed by atoms with E-state index in [-0.39, 0.29) is 25.0 Å². The molecule has 4 nitrogen and oxygen atoms in total. The maximum Gasteiger partial charge on any atom is 0.246 e. The van der Waals surface area contributed by atoms with Crippen molar-refractivity contribution in [1.29, 1.82) is 0 Å². The summed E-state index contributed by atoms with van der Waals surface area (Å²) in [7, 11) is -2.22. The number of likely N-dealkylation sites (N-methyl/N-ethyl adjacent to an activating group) is 1. The molecule has 0 spiro atoms. The Morgan fingerprint density at radius 3 is 2.63 bits per heavy atom. The normalized spacial score (nSPS) is 20.3. The molecule has 1 heterocycles. The van der Waals surface area contributed by atoms with Crippen LogP contribution in [0.3, 0.4) is 0 Å². The highest BCUT2D eigenvalue weighted by Crippen LogP contribution is 2.23. The summed E-state index contributed by atoms with van der Waals surface area (Å²) in [4.78, 5) is -0.598. The van der Waals surface area contributed by atoms with Crippen molar-refractivity contribution >= 4 is 22.4 Å². The van der Waals surface area contributed by atoms with Gasteiger partial charge in [-0.05, 0) is 31.7 Å². The second-order valence-corrected chi connectivity index (χ2v) is 6.12. The fraction of sp³-hybridized carbons (Fsp3) is 0.455. The van der Waals surface area contributed by atoms with Gasteiger partial charge in [0.1, 0.15) is 16.5 Å². The van der Waals surface area contributed by atoms with Gasteiger partial charge in [-0.15, -0.1) is 12.4 Å². The Bertz CT molecular complexity index is 554. The van der Waals surface area contributed by atoms with E-state index in [2.05, 4.69) is 5.32 Å². The van der Waals surface area contributed by atoms with Crippen molar-refractivity contribution in [3.63, 3.8) is 0 Å². The van der Waals surface area contributed by atoms with Crippen molar-refractivity contribution in [1.82, 2.24) is 9.62 Å². The number of benzene rings is 1. The number of nitrogens with zero attached hydrogens (tertiary/aromatic N) is 1. The molecule has 1 aliphatic rings. The third-order valence-electron chi connectivity index (χ3n) is 3.07. The molecule has 1 fully saturated rings. The van der Waals surface area contributed by atoms with Gasteiger partial charge in [0.2, 0.25) is 10.0 Å². The van der Waals surface area contributed by atoms with Gasteiger partial charge in [0.25, 0.3) is 0 Å². The predicted octanol–water partition coefficient (Wildman–Crippen LogP) is 1.37. The molecule has 2 rings (SSSR count). The molecule has 0 radical (unpaired) electrons. The largest absolute Gasteiger partial charge is 0.316 e. The fourth-order valence-electron chi connectivity index (χ4n) is 2.00. The van der Waals surface area contributed by atoms with E-state index in [0.717, 1.165) is 18.2 Å². The lowest BCUT2D eigenvalue weighted by Crippen LogP contribution is -2.33. The van der Waals surface area contributed by atoms with Crippen LogP contribution in [0.2, 0.25) is 0 Å². The van der Waals surface area contributed by atoms with Crippen LogP contribution in [0.25, 0.3) is 0 Å². The molecule has 108 valence electrons. The molecule has 0 aromatic heterocycles. The van der Waals surface area contributed by atoms with Crippen LogP contribution < -0.4 is 5.32 Å². The topological polar surface area (TPSA) is 49.4 Å². The van der Waals surface area contributed by atoms with Crippen molar-refractivity contribution in [2.75, 3.05) is 20.1 Å². The number of hydrogen-bond donors (Lipinski definition) is 1. The smallest absolute Gasteiger partial charge is 0.246 e. The minimum absolute atomic E-state index is 0. The van der Waals surface area contributed by atoms with Crippen molar-refractivity contribution in [2.24, 2.45) is 0 Å². The lowest BCUT2D eigenvalue weighted by Gasteiger charge is -2.16. The van der Waals surface area contributed by atoms with E-state index in [9.17, 15) is 17.2 Å². The van der Waals surface area contributed by atoms with Gasteiger partial charge in [0.05, 0.1) is 0 Å². The molecule has 1 saturated heterocycles. The van der Waals surface area contributed by atoms with Gasteiger partial charge < -0.3 is 5.32 Å². The van der Waals surface area contributed by atoms with E-state index >= 15 is 0 Å². The zero-order valence-electron chi connectivity index (χ0n) is 10.3. The standard InChI is InChI=1S/C11H14F2N2O2S.ClH/c1-14-9-4-5-15(7-9)18(16,17)11-6-8(12)2-3-10(11)13;/h2-3,6,9,14H,4-5,7H2,1H3;1H. The average molecular weight is 313 g/mol. The first kappa shape index (κ1) is 16.3. The van der Waals surface area contributed by atoms with Crippen LogP contribution >= 0.6 is 12.4 Å². The Balaban J connectivity index is 0.00000180. The molecule has 1 aliphatic heterocycles. The maximum absolute atomic E-state index is 13.5. The SMILES string of the molecule is CNC1CCN(S(=O)(=O)c2cc(F)ccc2F)C1.Cl. The molecule has 8 heteroatoms. The number of rotatable bonds is 3. The van der Waals surface area contributed by atoms with E-state index in [1.54, 1.807) is 7.05 Å². The zero-order valence-corrected chi connectivity index (χ0v) is 11.9. The molecule has 1 aromatic rings. The first-order valence-electron chi connectivity index (χ1n) is 5.57. The lowest BCUT2D eigenvalue weighted by molar-refractivity contribution is 0.456. The summed E-state index contributed by atoms with van der Waals surface area (Å²) >= 11 is 0. The Morgan fingerprint density at radius 2 is 2.05 bits per heavy atom. The molecule has 0 amide bonds. The van der Waals surface area contributed by atoms with E-state index in [0.29, 0.717) is 13.0 Å². The number of halogens is 3. The molecule has 19 heavy (non-hydrogen) atoms. The summed E-state index contributed by atoms with van der Waals surface area (Å²) in [6.45, 7) is 0.582. The van der Waals surface area contributed by atoms with Gasteiger partial charge >= 0.3 is 0 Å². The van der Waals surface area contributed by atoms with E-state index in [4.69, 9.17) is 0 Å². The minimum atomic E-state index is -3.96. The van der Waals surface area contributed by atoms with Crippen LogP contribution in [-0.2, 0) is 10.0 Å². The summed E-state index contributed by atoms with van der Waals surface area (Å²) in [5.74, 6) is -1.69. The molecule has 0 aliphatic carbocycles. The number of hydrogen-bond acceptors (Lipinski definition) is 3. The summed E-state index contributed by atoms with van der Waals surface area (Å²) in [5.41, 5.74) is 0. The monoisotopic (exact) mass is 312 g/mol. The Kier molecular flexibility index (Phi) is 5.26. The highest BCUT2D eigenvalue weighted by Gasteiger charge is 2.33. The third kappa shape index (κ3) is 3.22. The van der Waals surface area contributed by atoms with Crippen LogP contribution in [0.15, 0.2) is 23.1 Å². The quantitative estimate of drug-likeness (QED) is 0.917. The van der Waals surface area contributed by atoms with Crippen LogP contribution in [0, 0.1) is 11.6 Å². The molecule has 1 atom stereocenters. The zero-order chi connectivity index (χ0) is 13.3. The minimum Gasteiger partial charge on any atom is -0.316 e. The van der Waals surface area contributed by atoms with Crippen molar-refractivity contribution in [3.05, 3.63) is 29.8 Å². The molecular formula is C11H15ClF2N2O2S. The molecular weight excluding hydrogens is 298 g/mol. The van der Waals surface area contributed by atoms with Crippen molar-refractivity contribution < 1.29 is 17.2 Å². The summed E-state index contributed by atoms with van der Waals surface area (Å²) in [5, 5.41) is 2.97. The average Bonchev–Trinajstić information content (AvgIpc) is 2.81. The van der Waals surface area contributed by atoms with Gasteiger partial charge in [-0.3, -0.25) is 0 Å². The first-order chi connectivity index (χ1) is 8.45. The third-order valence-corrected chi connectivity index (χ3v) is 4.95. The summed E-state index contributed by atoms with van der Waals surface area (Å²) < 4.78 is 52.0. The van der Waals surface area contributed by atoms with Gasteiger partial charge in [-0.1, -0.05) is 0 Å². The molecule has 0 saturated carbocycles. The van der Waals surface area contributed by atoms with Gasteiger partial charge in [0.15, 0.2) is 0 Å².